The summed E-state index contributed by atoms with van der Waals surface area (Å²) < 4.78 is 40.9. The maximum absolute atomic E-state index is 11.9. The number of hydrogen-bond donors (Lipinski definition) is 1. The molecule has 0 fully saturated rings. The molecule has 0 saturated carbocycles. The number of benzene rings is 2. The predicted molar refractivity (Wildman–Crippen MR) is 76.4 cm³/mol. The van der Waals surface area contributed by atoms with Crippen LogP contribution in [0, 0.1) is 0 Å². The molecule has 0 unspecified atom stereocenters. The molecule has 0 spiro atoms. The van der Waals surface area contributed by atoms with Gasteiger partial charge in [-0.25, -0.2) is 0 Å². The summed E-state index contributed by atoms with van der Waals surface area (Å²) in [5.74, 6) is -0.397. The number of amides is 1. The second-order valence-corrected chi connectivity index (χ2v) is 4.57. The van der Waals surface area contributed by atoms with Crippen molar-refractivity contribution < 1.29 is 22.7 Å². The number of halogens is 3. The quantitative estimate of drug-likeness (QED) is 0.919. The van der Waals surface area contributed by atoms with Gasteiger partial charge in [0.2, 0.25) is 0 Å². The topological polar surface area (TPSA) is 38.3 Å². The Morgan fingerprint density at radius 1 is 0.955 bits per heavy atom. The summed E-state index contributed by atoms with van der Waals surface area (Å²) in [7, 11) is 0. The van der Waals surface area contributed by atoms with Crippen LogP contribution < -0.4 is 10.1 Å². The lowest BCUT2D eigenvalue weighted by Crippen LogP contribution is -2.36. The van der Waals surface area contributed by atoms with E-state index < -0.39 is 25.2 Å². The lowest BCUT2D eigenvalue weighted by atomic mass is 10.1. The maximum atomic E-state index is 11.9. The molecule has 0 aliphatic rings. The number of rotatable bonds is 5. The molecule has 116 valence electrons. The van der Waals surface area contributed by atoms with Gasteiger partial charge in [-0.2, -0.15) is 13.2 Å². The molecule has 0 radical (unpaired) electrons. The van der Waals surface area contributed by atoms with E-state index in [0.717, 1.165) is 11.1 Å². The van der Waals surface area contributed by atoms with Crippen molar-refractivity contribution in [2.45, 2.75) is 6.18 Å². The summed E-state index contributed by atoms with van der Waals surface area (Å²) in [6, 6.07) is 16.6. The Balaban J connectivity index is 1.86. The third kappa shape index (κ3) is 5.12. The summed E-state index contributed by atoms with van der Waals surface area (Å²) >= 11 is 0. The van der Waals surface area contributed by atoms with Crippen LogP contribution in [0.5, 0.6) is 5.75 Å². The van der Waals surface area contributed by atoms with Gasteiger partial charge in [0.1, 0.15) is 12.3 Å². The van der Waals surface area contributed by atoms with Crippen molar-refractivity contribution in [2.24, 2.45) is 0 Å². The molecule has 6 heteroatoms. The summed E-state index contributed by atoms with van der Waals surface area (Å²) in [5.41, 5.74) is 2.02. The van der Waals surface area contributed by atoms with Crippen LogP contribution in [0.25, 0.3) is 11.1 Å². The molecule has 1 N–H and O–H groups in total. The fourth-order valence-electron chi connectivity index (χ4n) is 1.77. The van der Waals surface area contributed by atoms with Crippen LogP contribution in [0.3, 0.4) is 0 Å². The Bertz CT molecular complexity index is 610. The number of ether oxygens (including phenoxy) is 1. The third-order valence-corrected chi connectivity index (χ3v) is 2.82. The van der Waals surface area contributed by atoms with Gasteiger partial charge in [-0.15, -0.1) is 0 Å². The highest BCUT2D eigenvalue weighted by atomic mass is 19.4. The second-order valence-electron chi connectivity index (χ2n) is 4.57. The highest BCUT2D eigenvalue weighted by Crippen LogP contribution is 2.22. The minimum absolute atomic E-state index is 0.418. The van der Waals surface area contributed by atoms with Gasteiger partial charge in [0.25, 0.3) is 5.91 Å². The molecule has 0 aliphatic heterocycles. The lowest BCUT2D eigenvalue weighted by molar-refractivity contribution is -0.139. The number of nitrogens with one attached hydrogen (secondary N) is 1. The van der Waals surface area contributed by atoms with Gasteiger partial charge < -0.3 is 10.1 Å². The smallest absolute Gasteiger partial charge is 0.405 e. The largest absolute Gasteiger partial charge is 0.484 e. The van der Waals surface area contributed by atoms with Crippen LogP contribution in [-0.2, 0) is 4.79 Å². The van der Waals surface area contributed by atoms with E-state index in [0.29, 0.717) is 5.75 Å². The second kappa shape index (κ2) is 6.98. The first-order chi connectivity index (χ1) is 10.4. The molecule has 0 aliphatic carbocycles. The molecular formula is C16H14F3NO2. The van der Waals surface area contributed by atoms with Gasteiger partial charge in [0, 0.05) is 0 Å². The van der Waals surface area contributed by atoms with Crippen molar-refractivity contribution in [1.29, 1.82) is 0 Å². The van der Waals surface area contributed by atoms with Crippen LogP contribution in [0.2, 0.25) is 0 Å². The van der Waals surface area contributed by atoms with Crippen molar-refractivity contribution >= 4 is 5.91 Å². The Labute approximate surface area is 125 Å². The first-order valence-corrected chi connectivity index (χ1v) is 6.56. The zero-order chi connectivity index (χ0) is 16.0. The van der Waals surface area contributed by atoms with Crippen molar-refractivity contribution in [3.63, 3.8) is 0 Å². The maximum Gasteiger partial charge on any atom is 0.405 e. The van der Waals surface area contributed by atoms with Gasteiger partial charge in [-0.05, 0) is 23.3 Å². The van der Waals surface area contributed by atoms with E-state index in [2.05, 4.69) is 0 Å². The monoisotopic (exact) mass is 309 g/mol. The Kier molecular flexibility index (Phi) is 5.04. The van der Waals surface area contributed by atoms with Crippen LogP contribution >= 0.6 is 0 Å². The van der Waals surface area contributed by atoms with Gasteiger partial charge in [-0.1, -0.05) is 42.5 Å². The van der Waals surface area contributed by atoms with E-state index >= 15 is 0 Å². The lowest BCUT2D eigenvalue weighted by Gasteiger charge is -2.10. The summed E-state index contributed by atoms with van der Waals surface area (Å²) in [6.45, 7) is -1.82. The standard InChI is InChI=1S/C16H14F3NO2/c17-16(18,19)11-20-15(21)10-22-14-8-6-13(7-9-14)12-4-2-1-3-5-12/h1-9H,10-11H2,(H,20,21). The van der Waals surface area contributed by atoms with Gasteiger partial charge in [0.15, 0.2) is 6.61 Å². The number of carbonyl (C=O) groups excluding carboxylic acids is 1. The van der Waals surface area contributed by atoms with E-state index in [1.807, 2.05) is 42.5 Å². The fourth-order valence-corrected chi connectivity index (χ4v) is 1.77. The Hall–Kier alpha value is -2.50. The van der Waals surface area contributed by atoms with E-state index in [-0.39, 0.29) is 0 Å². The molecule has 0 saturated heterocycles. The van der Waals surface area contributed by atoms with Gasteiger partial charge in [-0.3, -0.25) is 4.79 Å². The van der Waals surface area contributed by atoms with Gasteiger partial charge >= 0.3 is 6.18 Å². The van der Waals surface area contributed by atoms with E-state index in [9.17, 15) is 18.0 Å². The summed E-state index contributed by atoms with van der Waals surface area (Å²) in [5, 5.41) is 1.74. The highest BCUT2D eigenvalue weighted by Gasteiger charge is 2.27. The molecule has 2 aromatic rings. The number of alkyl halides is 3. The van der Waals surface area contributed by atoms with Crippen molar-refractivity contribution in [1.82, 2.24) is 5.32 Å². The van der Waals surface area contributed by atoms with Crippen LogP contribution in [0.1, 0.15) is 0 Å². The molecule has 2 aromatic carbocycles. The predicted octanol–water partition coefficient (Wildman–Crippen LogP) is 3.41. The minimum Gasteiger partial charge on any atom is -0.484 e. The molecule has 1 amide bonds. The van der Waals surface area contributed by atoms with E-state index in [1.165, 1.54) is 0 Å². The molecule has 3 nitrogen and oxygen atoms in total. The SMILES string of the molecule is O=C(COc1ccc(-c2ccccc2)cc1)NCC(F)(F)F. The molecule has 0 heterocycles. The van der Waals surface area contributed by atoms with Crippen molar-refractivity contribution in [2.75, 3.05) is 13.2 Å². The van der Waals surface area contributed by atoms with Gasteiger partial charge in [0.05, 0.1) is 0 Å². The Morgan fingerprint density at radius 2 is 1.55 bits per heavy atom. The van der Waals surface area contributed by atoms with Crippen LogP contribution in [0.4, 0.5) is 13.2 Å². The molecule has 0 bridgehead atoms. The zero-order valence-electron chi connectivity index (χ0n) is 11.6. The number of carbonyl (C=O) groups is 1. The average molecular weight is 309 g/mol. The Morgan fingerprint density at radius 3 is 2.14 bits per heavy atom. The fraction of sp³-hybridized carbons (Fsp3) is 0.188. The molecule has 2 rings (SSSR count). The minimum atomic E-state index is -4.42. The molecule has 0 atom stereocenters. The van der Waals surface area contributed by atoms with Crippen LogP contribution in [0.15, 0.2) is 54.6 Å². The first kappa shape index (κ1) is 15.9. The average Bonchev–Trinajstić information content (AvgIpc) is 2.51. The summed E-state index contributed by atoms with van der Waals surface area (Å²) in [4.78, 5) is 11.2. The zero-order valence-corrected chi connectivity index (χ0v) is 11.6. The van der Waals surface area contributed by atoms with Crippen LogP contribution in [-0.4, -0.2) is 25.2 Å². The summed E-state index contributed by atoms with van der Waals surface area (Å²) in [6.07, 6.45) is -4.42. The number of hydrogen-bond acceptors (Lipinski definition) is 2. The first-order valence-electron chi connectivity index (χ1n) is 6.56. The molecule has 22 heavy (non-hydrogen) atoms. The molecular weight excluding hydrogens is 295 g/mol. The highest BCUT2D eigenvalue weighted by molar-refractivity contribution is 5.77. The normalized spacial score (nSPS) is 11.0. The van der Waals surface area contributed by atoms with E-state index in [4.69, 9.17) is 4.74 Å². The third-order valence-electron chi connectivity index (χ3n) is 2.82. The molecule has 0 aromatic heterocycles. The van der Waals surface area contributed by atoms with E-state index in [1.54, 1.807) is 17.4 Å². The van der Waals surface area contributed by atoms with Crippen molar-refractivity contribution in [3.05, 3.63) is 54.6 Å². The van der Waals surface area contributed by atoms with Crippen molar-refractivity contribution in [3.8, 4) is 16.9 Å².